The van der Waals surface area contributed by atoms with Gasteiger partial charge in [0.25, 0.3) is 0 Å². The van der Waals surface area contributed by atoms with Crippen LogP contribution in [-0.2, 0) is 14.3 Å². The first kappa shape index (κ1) is 17.6. The molecule has 0 unspecified atom stereocenters. The van der Waals surface area contributed by atoms with Crippen LogP contribution in [-0.4, -0.2) is 66.2 Å². The molecule has 3 heterocycles. The molecule has 2 aliphatic rings. The van der Waals surface area contributed by atoms with E-state index in [1.54, 1.807) is 6.07 Å². The summed E-state index contributed by atoms with van der Waals surface area (Å²) in [5.74, 6) is 0.492. The van der Waals surface area contributed by atoms with Crippen LogP contribution < -0.4 is 5.32 Å². The minimum absolute atomic E-state index is 0.114. The lowest BCUT2D eigenvalue weighted by atomic mass is 9.96. The van der Waals surface area contributed by atoms with Gasteiger partial charge in [0.2, 0.25) is 5.91 Å². The zero-order chi connectivity index (χ0) is 17.6. The maximum absolute atomic E-state index is 12.5. The van der Waals surface area contributed by atoms with Crippen molar-refractivity contribution in [2.24, 2.45) is 5.92 Å². The van der Waals surface area contributed by atoms with Crippen molar-refractivity contribution >= 4 is 17.7 Å². The quantitative estimate of drug-likeness (QED) is 0.814. The zero-order valence-corrected chi connectivity index (χ0v) is 14.4. The second kappa shape index (κ2) is 8.24. The number of carbonyl (C=O) groups excluding carboxylic acids is 2. The minimum atomic E-state index is -0.484. The minimum Gasteiger partial charge on any atom is -0.464 e. The number of amides is 1. The Morgan fingerprint density at radius 2 is 1.92 bits per heavy atom. The van der Waals surface area contributed by atoms with Crippen molar-refractivity contribution in [3.05, 3.63) is 18.1 Å². The van der Waals surface area contributed by atoms with Gasteiger partial charge >= 0.3 is 5.97 Å². The van der Waals surface area contributed by atoms with E-state index in [1.807, 2.05) is 4.90 Å². The Labute approximate surface area is 146 Å². The molecule has 0 atom stereocenters. The molecule has 8 nitrogen and oxygen atoms in total. The van der Waals surface area contributed by atoms with Gasteiger partial charge < -0.3 is 19.7 Å². The fourth-order valence-electron chi connectivity index (χ4n) is 3.31. The normalized spacial score (nSPS) is 19.5. The van der Waals surface area contributed by atoms with E-state index in [0.717, 1.165) is 38.8 Å². The monoisotopic (exact) mass is 348 g/mol. The van der Waals surface area contributed by atoms with Crippen LogP contribution in [0.1, 0.15) is 36.2 Å². The fraction of sp³-hybridized carbons (Fsp3) is 0.647. The van der Waals surface area contributed by atoms with E-state index < -0.39 is 5.97 Å². The van der Waals surface area contributed by atoms with Crippen molar-refractivity contribution in [2.45, 2.75) is 31.7 Å². The van der Waals surface area contributed by atoms with Gasteiger partial charge in [-0.25, -0.2) is 14.8 Å². The van der Waals surface area contributed by atoms with Crippen LogP contribution in [0.3, 0.4) is 0 Å². The van der Waals surface area contributed by atoms with Crippen LogP contribution in [0.2, 0.25) is 0 Å². The Balaban J connectivity index is 1.51. The summed E-state index contributed by atoms with van der Waals surface area (Å²) in [5, 5.41) is 3.32. The molecule has 2 fully saturated rings. The average molecular weight is 348 g/mol. The molecule has 0 aliphatic carbocycles. The van der Waals surface area contributed by atoms with E-state index in [2.05, 4.69) is 20.0 Å². The maximum atomic E-state index is 12.5. The number of methoxy groups -OCH3 is 1. The summed E-state index contributed by atoms with van der Waals surface area (Å²) in [6, 6.07) is 1.81. The largest absolute Gasteiger partial charge is 0.464 e. The molecular formula is C17H24N4O4. The first-order chi connectivity index (χ1) is 12.2. The third kappa shape index (κ3) is 4.45. The number of hydrogen-bond donors (Lipinski definition) is 1. The van der Waals surface area contributed by atoms with Crippen molar-refractivity contribution in [3.63, 3.8) is 0 Å². The molecule has 1 aromatic heterocycles. The molecule has 0 saturated carbocycles. The van der Waals surface area contributed by atoms with Crippen molar-refractivity contribution in [2.75, 3.05) is 38.7 Å². The van der Waals surface area contributed by atoms with Gasteiger partial charge in [0.15, 0.2) is 5.69 Å². The highest BCUT2D eigenvalue weighted by Crippen LogP contribution is 2.21. The summed E-state index contributed by atoms with van der Waals surface area (Å²) in [5.41, 5.74) is 0.229. The molecule has 136 valence electrons. The molecule has 1 N–H and O–H groups in total. The first-order valence-corrected chi connectivity index (χ1v) is 8.71. The lowest BCUT2D eigenvalue weighted by molar-refractivity contribution is -0.139. The Morgan fingerprint density at radius 3 is 2.60 bits per heavy atom. The molecule has 0 bridgehead atoms. The van der Waals surface area contributed by atoms with Crippen LogP contribution >= 0.6 is 0 Å². The molecular weight excluding hydrogens is 324 g/mol. The molecule has 25 heavy (non-hydrogen) atoms. The standard InChI is InChI=1S/C17H24N4O4/c1-24-17(23)14-10-15(19-11-18-14)20-13-2-6-21(7-3-13)16(22)12-4-8-25-9-5-12/h10-13H,2-9H2,1H3,(H,18,19,20). The van der Waals surface area contributed by atoms with E-state index >= 15 is 0 Å². The third-order valence-corrected chi connectivity index (χ3v) is 4.79. The lowest BCUT2D eigenvalue weighted by Gasteiger charge is -2.35. The van der Waals surface area contributed by atoms with Crippen molar-refractivity contribution in [1.82, 2.24) is 14.9 Å². The summed E-state index contributed by atoms with van der Waals surface area (Å²) < 4.78 is 10.00. The van der Waals surface area contributed by atoms with Crippen molar-refractivity contribution in [1.29, 1.82) is 0 Å². The van der Waals surface area contributed by atoms with Gasteiger partial charge in [-0.1, -0.05) is 0 Å². The Kier molecular flexibility index (Phi) is 5.80. The third-order valence-electron chi connectivity index (χ3n) is 4.79. The van der Waals surface area contributed by atoms with Gasteiger partial charge in [-0.2, -0.15) is 0 Å². The topological polar surface area (TPSA) is 93.7 Å². The average Bonchev–Trinajstić information content (AvgIpc) is 2.68. The number of piperidine rings is 1. The predicted octanol–water partition coefficient (Wildman–Crippen LogP) is 1.09. The smallest absolute Gasteiger partial charge is 0.356 e. The van der Waals surface area contributed by atoms with Gasteiger partial charge in [0, 0.05) is 44.3 Å². The van der Waals surface area contributed by atoms with Crippen molar-refractivity contribution in [3.8, 4) is 0 Å². The Bertz CT molecular complexity index is 610. The lowest BCUT2D eigenvalue weighted by Crippen LogP contribution is -2.45. The highest BCUT2D eigenvalue weighted by atomic mass is 16.5. The second-order valence-corrected chi connectivity index (χ2v) is 6.41. The number of esters is 1. The Hall–Kier alpha value is -2.22. The van der Waals surface area contributed by atoms with Gasteiger partial charge in [0.1, 0.15) is 12.1 Å². The summed E-state index contributed by atoms with van der Waals surface area (Å²) >= 11 is 0. The molecule has 2 aliphatic heterocycles. The van der Waals surface area contributed by atoms with Crippen LogP contribution in [0, 0.1) is 5.92 Å². The number of nitrogens with zero attached hydrogens (tertiary/aromatic N) is 3. The number of nitrogens with one attached hydrogen (secondary N) is 1. The number of ether oxygens (including phenoxy) is 2. The van der Waals surface area contributed by atoms with Gasteiger partial charge in [-0.3, -0.25) is 4.79 Å². The predicted molar refractivity (Wildman–Crippen MR) is 90.1 cm³/mol. The highest BCUT2D eigenvalue weighted by Gasteiger charge is 2.29. The van der Waals surface area contributed by atoms with Crippen LogP contribution in [0.5, 0.6) is 0 Å². The van der Waals surface area contributed by atoms with Gasteiger partial charge in [0.05, 0.1) is 7.11 Å². The number of carbonyl (C=O) groups is 2. The summed E-state index contributed by atoms with van der Waals surface area (Å²) in [7, 11) is 1.32. The van der Waals surface area contributed by atoms with E-state index in [-0.39, 0.29) is 23.6 Å². The Morgan fingerprint density at radius 1 is 1.20 bits per heavy atom. The summed E-state index contributed by atoms with van der Waals surface area (Å²) in [6.45, 7) is 2.85. The molecule has 1 aromatic rings. The number of likely N-dealkylation sites (tertiary alicyclic amines) is 1. The SMILES string of the molecule is COC(=O)c1cc(NC2CCN(C(=O)C3CCOCC3)CC2)ncn1. The number of aromatic nitrogens is 2. The van der Waals surface area contributed by atoms with Gasteiger partial charge in [-0.05, 0) is 25.7 Å². The molecule has 2 saturated heterocycles. The second-order valence-electron chi connectivity index (χ2n) is 6.41. The number of hydrogen-bond acceptors (Lipinski definition) is 7. The van der Waals surface area contributed by atoms with Crippen molar-refractivity contribution < 1.29 is 19.1 Å². The maximum Gasteiger partial charge on any atom is 0.356 e. The fourth-order valence-corrected chi connectivity index (χ4v) is 3.31. The molecule has 1 amide bonds. The number of rotatable bonds is 4. The molecule has 0 aromatic carbocycles. The molecule has 0 radical (unpaired) electrons. The van der Waals surface area contributed by atoms with E-state index in [9.17, 15) is 9.59 Å². The van der Waals surface area contributed by atoms with Crippen LogP contribution in [0.4, 0.5) is 5.82 Å². The molecule has 8 heteroatoms. The van der Waals surface area contributed by atoms with E-state index in [4.69, 9.17) is 4.74 Å². The zero-order valence-electron chi connectivity index (χ0n) is 14.4. The van der Waals surface area contributed by atoms with Gasteiger partial charge in [-0.15, -0.1) is 0 Å². The molecule has 0 spiro atoms. The first-order valence-electron chi connectivity index (χ1n) is 8.71. The van der Waals surface area contributed by atoms with Crippen LogP contribution in [0.25, 0.3) is 0 Å². The van der Waals surface area contributed by atoms with E-state index in [0.29, 0.717) is 19.0 Å². The van der Waals surface area contributed by atoms with E-state index in [1.165, 1.54) is 13.4 Å². The number of anilines is 1. The summed E-state index contributed by atoms with van der Waals surface area (Å²) in [6.07, 6.45) is 4.71. The molecule has 3 rings (SSSR count). The summed E-state index contributed by atoms with van der Waals surface area (Å²) in [4.78, 5) is 34.1. The van der Waals surface area contributed by atoms with Crippen LogP contribution in [0.15, 0.2) is 12.4 Å². The highest BCUT2D eigenvalue weighted by molar-refractivity contribution is 5.87.